The Balaban J connectivity index is 1.69. The molecule has 0 radical (unpaired) electrons. The summed E-state index contributed by atoms with van der Waals surface area (Å²) in [5.74, 6) is -0.317. The molecule has 2 aromatic carbocycles. The van der Waals surface area contributed by atoms with Crippen molar-refractivity contribution in [1.29, 1.82) is 0 Å². The quantitative estimate of drug-likeness (QED) is 0.838. The van der Waals surface area contributed by atoms with Crippen LogP contribution in [0.25, 0.3) is 0 Å². The Kier molecular flexibility index (Phi) is 5.81. The lowest BCUT2D eigenvalue weighted by Gasteiger charge is -2.34. The Hall–Kier alpha value is -2.08. The Labute approximate surface area is 162 Å². The number of halogens is 2. The van der Waals surface area contributed by atoms with Gasteiger partial charge in [-0.1, -0.05) is 23.2 Å². The van der Waals surface area contributed by atoms with Crippen LogP contribution in [0.2, 0.25) is 10.0 Å². The zero-order chi connectivity index (χ0) is 18.7. The number of nitrogens with one attached hydrogen (secondary N) is 2. The molecule has 2 amide bonds. The molecule has 2 aromatic rings. The number of amides is 2. The summed E-state index contributed by atoms with van der Waals surface area (Å²) in [5.41, 5.74) is 1.57. The van der Waals surface area contributed by atoms with Crippen LogP contribution in [0.5, 0.6) is 0 Å². The monoisotopic (exact) mass is 391 g/mol. The molecule has 0 bridgehead atoms. The van der Waals surface area contributed by atoms with E-state index in [2.05, 4.69) is 10.6 Å². The summed E-state index contributed by atoms with van der Waals surface area (Å²) >= 11 is 11.9. The standard InChI is InChI=1S/C19H19Cl2N3O2/c1-12-11-22-6-7-24(12)19(26)13-2-4-17(5-3-13)23-18(25)14-8-15(20)10-16(21)9-14/h2-5,8-10,12,22H,6-7,11H2,1H3,(H,23,25). The van der Waals surface area contributed by atoms with E-state index in [4.69, 9.17) is 23.2 Å². The molecule has 1 fully saturated rings. The fourth-order valence-corrected chi connectivity index (χ4v) is 3.42. The van der Waals surface area contributed by atoms with E-state index in [0.717, 1.165) is 13.1 Å². The lowest BCUT2D eigenvalue weighted by molar-refractivity contribution is 0.0655. The number of benzene rings is 2. The van der Waals surface area contributed by atoms with Gasteiger partial charge in [-0.25, -0.2) is 0 Å². The Morgan fingerprint density at radius 3 is 2.35 bits per heavy atom. The van der Waals surface area contributed by atoms with Crippen LogP contribution in [0.15, 0.2) is 42.5 Å². The van der Waals surface area contributed by atoms with Crippen LogP contribution in [-0.4, -0.2) is 42.4 Å². The highest BCUT2D eigenvalue weighted by atomic mass is 35.5. The van der Waals surface area contributed by atoms with E-state index >= 15 is 0 Å². The third-order valence-electron chi connectivity index (χ3n) is 4.28. The van der Waals surface area contributed by atoms with Crippen LogP contribution in [0.3, 0.4) is 0 Å². The number of piperazine rings is 1. The molecule has 26 heavy (non-hydrogen) atoms. The van der Waals surface area contributed by atoms with Crippen molar-refractivity contribution in [1.82, 2.24) is 10.2 Å². The first-order valence-corrected chi connectivity index (χ1v) is 9.09. The van der Waals surface area contributed by atoms with Crippen LogP contribution in [0.1, 0.15) is 27.6 Å². The van der Waals surface area contributed by atoms with Crippen molar-refractivity contribution in [2.24, 2.45) is 0 Å². The normalized spacial score (nSPS) is 17.0. The van der Waals surface area contributed by atoms with E-state index in [1.165, 1.54) is 0 Å². The highest BCUT2D eigenvalue weighted by Gasteiger charge is 2.23. The molecule has 2 N–H and O–H groups in total. The summed E-state index contributed by atoms with van der Waals surface area (Å²) in [6.45, 7) is 4.30. The Morgan fingerprint density at radius 2 is 1.73 bits per heavy atom. The fourth-order valence-electron chi connectivity index (χ4n) is 2.89. The van der Waals surface area contributed by atoms with E-state index in [-0.39, 0.29) is 17.9 Å². The second kappa shape index (κ2) is 8.08. The molecule has 0 aliphatic carbocycles. The maximum Gasteiger partial charge on any atom is 0.255 e. The minimum atomic E-state index is -0.316. The van der Waals surface area contributed by atoms with Crippen LogP contribution < -0.4 is 10.6 Å². The maximum absolute atomic E-state index is 12.6. The molecule has 1 aliphatic rings. The zero-order valence-electron chi connectivity index (χ0n) is 14.3. The number of carbonyl (C=O) groups excluding carboxylic acids is 2. The Bertz CT molecular complexity index is 804. The summed E-state index contributed by atoms with van der Waals surface area (Å²) in [4.78, 5) is 26.8. The van der Waals surface area contributed by atoms with Gasteiger partial charge in [0.15, 0.2) is 0 Å². The smallest absolute Gasteiger partial charge is 0.255 e. The molecule has 0 aromatic heterocycles. The number of carbonyl (C=O) groups is 2. The zero-order valence-corrected chi connectivity index (χ0v) is 15.8. The van der Waals surface area contributed by atoms with E-state index in [1.807, 2.05) is 11.8 Å². The van der Waals surface area contributed by atoms with Crippen LogP contribution in [0.4, 0.5) is 5.69 Å². The van der Waals surface area contributed by atoms with Gasteiger partial charge in [0.1, 0.15) is 0 Å². The van der Waals surface area contributed by atoms with Crippen molar-refractivity contribution in [2.75, 3.05) is 25.0 Å². The van der Waals surface area contributed by atoms with Gasteiger partial charge in [-0.05, 0) is 49.4 Å². The second-order valence-corrected chi connectivity index (χ2v) is 7.11. The molecule has 7 heteroatoms. The second-order valence-electron chi connectivity index (χ2n) is 6.24. The third-order valence-corrected chi connectivity index (χ3v) is 4.71. The van der Waals surface area contributed by atoms with Crippen LogP contribution in [0, 0.1) is 0 Å². The summed E-state index contributed by atoms with van der Waals surface area (Å²) in [7, 11) is 0. The summed E-state index contributed by atoms with van der Waals surface area (Å²) in [6, 6.07) is 11.7. The van der Waals surface area contributed by atoms with Crippen molar-refractivity contribution in [3.8, 4) is 0 Å². The SMILES string of the molecule is CC1CNCCN1C(=O)c1ccc(NC(=O)c2cc(Cl)cc(Cl)c2)cc1. The first kappa shape index (κ1) is 18.7. The highest BCUT2D eigenvalue weighted by molar-refractivity contribution is 6.35. The molecule has 1 unspecified atom stereocenters. The van der Waals surface area contributed by atoms with Gasteiger partial charge in [0.2, 0.25) is 0 Å². The number of anilines is 1. The molecule has 1 saturated heterocycles. The lowest BCUT2D eigenvalue weighted by Crippen LogP contribution is -2.52. The molecule has 1 aliphatic heterocycles. The average molecular weight is 392 g/mol. The molecule has 3 rings (SSSR count). The van der Waals surface area contributed by atoms with Gasteiger partial charge in [0.25, 0.3) is 11.8 Å². The number of hydrogen-bond acceptors (Lipinski definition) is 3. The molecule has 5 nitrogen and oxygen atoms in total. The third kappa shape index (κ3) is 4.36. The van der Waals surface area contributed by atoms with Gasteiger partial charge >= 0.3 is 0 Å². The highest BCUT2D eigenvalue weighted by Crippen LogP contribution is 2.20. The fraction of sp³-hybridized carbons (Fsp3) is 0.263. The Morgan fingerprint density at radius 1 is 1.08 bits per heavy atom. The van der Waals surface area contributed by atoms with Gasteiger partial charge in [-0.2, -0.15) is 0 Å². The minimum Gasteiger partial charge on any atom is -0.333 e. The largest absolute Gasteiger partial charge is 0.333 e. The van der Waals surface area contributed by atoms with Gasteiger partial charge in [-0.3, -0.25) is 9.59 Å². The van der Waals surface area contributed by atoms with Crippen LogP contribution in [-0.2, 0) is 0 Å². The molecular formula is C19H19Cl2N3O2. The van der Waals surface area contributed by atoms with E-state index in [1.54, 1.807) is 42.5 Å². The van der Waals surface area contributed by atoms with Crippen LogP contribution >= 0.6 is 23.2 Å². The maximum atomic E-state index is 12.6. The van der Waals surface area contributed by atoms with Gasteiger partial charge in [0.05, 0.1) is 0 Å². The van der Waals surface area contributed by atoms with Crippen molar-refractivity contribution in [3.63, 3.8) is 0 Å². The summed E-state index contributed by atoms with van der Waals surface area (Å²) in [5, 5.41) is 6.83. The summed E-state index contributed by atoms with van der Waals surface area (Å²) < 4.78 is 0. The van der Waals surface area contributed by atoms with Gasteiger partial charge in [-0.15, -0.1) is 0 Å². The lowest BCUT2D eigenvalue weighted by atomic mass is 10.1. The summed E-state index contributed by atoms with van der Waals surface area (Å²) in [6.07, 6.45) is 0. The van der Waals surface area contributed by atoms with Gasteiger partial charge < -0.3 is 15.5 Å². The minimum absolute atomic E-state index is 0.00139. The predicted molar refractivity (Wildman–Crippen MR) is 104 cm³/mol. The molecule has 1 heterocycles. The molecule has 1 atom stereocenters. The van der Waals surface area contributed by atoms with Crippen molar-refractivity contribution in [3.05, 3.63) is 63.6 Å². The topological polar surface area (TPSA) is 61.4 Å². The molecular weight excluding hydrogens is 373 g/mol. The van der Waals surface area contributed by atoms with Crippen molar-refractivity contribution in [2.45, 2.75) is 13.0 Å². The van der Waals surface area contributed by atoms with E-state index in [0.29, 0.717) is 33.4 Å². The number of rotatable bonds is 3. The van der Waals surface area contributed by atoms with Crippen molar-refractivity contribution < 1.29 is 9.59 Å². The van der Waals surface area contributed by atoms with E-state index in [9.17, 15) is 9.59 Å². The predicted octanol–water partition coefficient (Wildman–Crippen LogP) is 3.68. The first-order valence-electron chi connectivity index (χ1n) is 8.33. The number of nitrogens with zero attached hydrogens (tertiary/aromatic N) is 1. The van der Waals surface area contributed by atoms with Crippen molar-refractivity contribution >= 4 is 40.7 Å². The molecule has 136 valence electrons. The average Bonchev–Trinajstić information content (AvgIpc) is 2.61. The first-order chi connectivity index (χ1) is 12.4. The number of hydrogen-bond donors (Lipinski definition) is 2. The van der Waals surface area contributed by atoms with Gasteiger partial charge in [0, 0.05) is 52.5 Å². The molecule has 0 spiro atoms. The molecule has 0 saturated carbocycles. The van der Waals surface area contributed by atoms with E-state index < -0.39 is 0 Å².